The predicted molar refractivity (Wildman–Crippen MR) is 87.1 cm³/mol. The molecule has 2 aromatic rings. The zero-order valence-corrected chi connectivity index (χ0v) is 12.7. The van der Waals surface area contributed by atoms with Gasteiger partial charge in [-0.1, -0.05) is 30.3 Å². The molecule has 0 saturated heterocycles. The van der Waals surface area contributed by atoms with Crippen molar-refractivity contribution >= 4 is 11.6 Å². The van der Waals surface area contributed by atoms with E-state index in [1.54, 1.807) is 0 Å². The average molecular weight is 282 g/mol. The van der Waals surface area contributed by atoms with E-state index in [1.807, 2.05) is 36.4 Å². The highest BCUT2D eigenvalue weighted by Crippen LogP contribution is 2.32. The number of rotatable bonds is 5. The van der Waals surface area contributed by atoms with Gasteiger partial charge in [0.2, 0.25) is 0 Å². The number of nitrogens with two attached hydrogens (primary N) is 1. The molecule has 0 aliphatic heterocycles. The van der Waals surface area contributed by atoms with Gasteiger partial charge in [0.25, 0.3) is 0 Å². The molecule has 1 aromatic heterocycles. The Labute approximate surface area is 126 Å². The van der Waals surface area contributed by atoms with E-state index >= 15 is 0 Å². The summed E-state index contributed by atoms with van der Waals surface area (Å²) >= 11 is 0. The summed E-state index contributed by atoms with van der Waals surface area (Å²) in [5, 5.41) is 0. The zero-order valence-electron chi connectivity index (χ0n) is 12.7. The van der Waals surface area contributed by atoms with Gasteiger partial charge in [0, 0.05) is 24.2 Å². The highest BCUT2D eigenvalue weighted by molar-refractivity contribution is 5.61. The fourth-order valence-corrected chi connectivity index (χ4v) is 2.46. The summed E-state index contributed by atoms with van der Waals surface area (Å²) in [6, 6.07) is 12.3. The Morgan fingerprint density at radius 1 is 1.19 bits per heavy atom. The first-order valence-electron chi connectivity index (χ1n) is 7.60. The van der Waals surface area contributed by atoms with Gasteiger partial charge in [0.1, 0.15) is 11.6 Å². The van der Waals surface area contributed by atoms with Crippen LogP contribution in [0.25, 0.3) is 11.4 Å². The maximum Gasteiger partial charge on any atom is 0.163 e. The number of hydrogen-bond acceptors (Lipinski definition) is 4. The average Bonchev–Trinajstić information content (AvgIpc) is 3.29. The SMILES string of the molecule is CC(C)N(CC1CC1)c1cc(N)nc(-c2ccccc2)n1. The molecule has 21 heavy (non-hydrogen) atoms. The molecule has 0 unspecified atom stereocenters. The molecule has 3 rings (SSSR count). The molecular weight excluding hydrogens is 260 g/mol. The zero-order chi connectivity index (χ0) is 14.8. The van der Waals surface area contributed by atoms with Crippen LogP contribution in [-0.4, -0.2) is 22.6 Å². The van der Waals surface area contributed by atoms with Crippen LogP contribution in [0.2, 0.25) is 0 Å². The fourth-order valence-electron chi connectivity index (χ4n) is 2.46. The van der Waals surface area contributed by atoms with Crippen molar-refractivity contribution in [3.05, 3.63) is 36.4 Å². The highest BCUT2D eigenvalue weighted by Gasteiger charge is 2.26. The van der Waals surface area contributed by atoms with Crippen molar-refractivity contribution in [2.45, 2.75) is 32.7 Å². The van der Waals surface area contributed by atoms with Crippen LogP contribution in [0.4, 0.5) is 11.6 Å². The van der Waals surface area contributed by atoms with Crippen LogP contribution >= 0.6 is 0 Å². The number of nitrogens with zero attached hydrogens (tertiary/aromatic N) is 3. The monoisotopic (exact) mass is 282 g/mol. The minimum Gasteiger partial charge on any atom is -0.384 e. The van der Waals surface area contributed by atoms with Crippen molar-refractivity contribution in [3.63, 3.8) is 0 Å². The minimum absolute atomic E-state index is 0.406. The van der Waals surface area contributed by atoms with Crippen molar-refractivity contribution in [2.75, 3.05) is 17.2 Å². The minimum atomic E-state index is 0.406. The lowest BCUT2D eigenvalue weighted by Gasteiger charge is -2.28. The van der Waals surface area contributed by atoms with Gasteiger partial charge >= 0.3 is 0 Å². The molecule has 1 aliphatic carbocycles. The Balaban J connectivity index is 1.96. The van der Waals surface area contributed by atoms with Gasteiger partial charge in [-0.2, -0.15) is 0 Å². The van der Waals surface area contributed by atoms with E-state index < -0.39 is 0 Å². The third-order valence-corrected chi connectivity index (χ3v) is 3.83. The lowest BCUT2D eigenvalue weighted by Crippen LogP contribution is -2.33. The van der Waals surface area contributed by atoms with Crippen LogP contribution in [0.1, 0.15) is 26.7 Å². The number of anilines is 2. The number of aromatic nitrogens is 2. The summed E-state index contributed by atoms with van der Waals surface area (Å²) in [5.74, 6) is 2.97. The summed E-state index contributed by atoms with van der Waals surface area (Å²) in [7, 11) is 0. The van der Waals surface area contributed by atoms with E-state index in [2.05, 4.69) is 23.7 Å². The smallest absolute Gasteiger partial charge is 0.163 e. The second-order valence-corrected chi connectivity index (χ2v) is 6.03. The quantitative estimate of drug-likeness (QED) is 0.913. The lowest BCUT2D eigenvalue weighted by atomic mass is 10.2. The maximum absolute atomic E-state index is 6.00. The summed E-state index contributed by atoms with van der Waals surface area (Å²) in [5.41, 5.74) is 7.00. The van der Waals surface area contributed by atoms with Gasteiger partial charge in [-0.15, -0.1) is 0 Å². The molecule has 0 spiro atoms. The third-order valence-electron chi connectivity index (χ3n) is 3.83. The van der Waals surface area contributed by atoms with E-state index in [9.17, 15) is 0 Å². The normalized spacial score (nSPS) is 14.4. The van der Waals surface area contributed by atoms with Gasteiger partial charge < -0.3 is 10.6 Å². The molecule has 110 valence electrons. The molecule has 2 N–H and O–H groups in total. The molecule has 1 fully saturated rings. The van der Waals surface area contributed by atoms with Crippen LogP contribution in [0.15, 0.2) is 36.4 Å². The van der Waals surface area contributed by atoms with Crippen LogP contribution < -0.4 is 10.6 Å². The van der Waals surface area contributed by atoms with Crippen molar-refractivity contribution < 1.29 is 0 Å². The molecule has 1 aromatic carbocycles. The van der Waals surface area contributed by atoms with E-state index in [0.29, 0.717) is 17.7 Å². The third kappa shape index (κ3) is 3.32. The van der Waals surface area contributed by atoms with Crippen molar-refractivity contribution in [1.82, 2.24) is 9.97 Å². The summed E-state index contributed by atoms with van der Waals surface area (Å²) < 4.78 is 0. The van der Waals surface area contributed by atoms with E-state index in [4.69, 9.17) is 10.7 Å². The maximum atomic E-state index is 6.00. The second kappa shape index (κ2) is 5.72. The molecule has 0 amide bonds. The molecule has 4 nitrogen and oxygen atoms in total. The Morgan fingerprint density at radius 3 is 2.52 bits per heavy atom. The number of hydrogen-bond donors (Lipinski definition) is 1. The molecule has 1 saturated carbocycles. The molecule has 0 bridgehead atoms. The Morgan fingerprint density at radius 2 is 1.90 bits per heavy atom. The second-order valence-electron chi connectivity index (χ2n) is 6.03. The molecule has 4 heteroatoms. The van der Waals surface area contributed by atoms with Gasteiger partial charge in [0.05, 0.1) is 0 Å². The first kappa shape index (κ1) is 13.9. The Hall–Kier alpha value is -2.10. The topological polar surface area (TPSA) is 55.0 Å². The van der Waals surface area contributed by atoms with Crippen LogP contribution in [-0.2, 0) is 0 Å². The van der Waals surface area contributed by atoms with Gasteiger partial charge in [-0.05, 0) is 32.6 Å². The lowest BCUT2D eigenvalue weighted by molar-refractivity contribution is 0.636. The van der Waals surface area contributed by atoms with Crippen LogP contribution in [0, 0.1) is 5.92 Å². The van der Waals surface area contributed by atoms with Crippen molar-refractivity contribution in [3.8, 4) is 11.4 Å². The summed E-state index contributed by atoms with van der Waals surface area (Å²) in [6.07, 6.45) is 2.66. The van der Waals surface area contributed by atoms with Gasteiger partial charge in [0.15, 0.2) is 5.82 Å². The molecule has 1 aliphatic rings. The Bertz CT molecular complexity index is 605. The standard InChI is InChI=1S/C17H22N4/c1-12(2)21(11-13-8-9-13)16-10-15(18)19-17(20-16)14-6-4-3-5-7-14/h3-7,10,12-13H,8-9,11H2,1-2H3,(H2,18,19,20). The van der Waals surface area contributed by atoms with Crippen LogP contribution in [0.5, 0.6) is 0 Å². The van der Waals surface area contributed by atoms with Gasteiger partial charge in [-0.25, -0.2) is 9.97 Å². The van der Waals surface area contributed by atoms with E-state index in [0.717, 1.165) is 23.8 Å². The highest BCUT2D eigenvalue weighted by atomic mass is 15.2. The molecule has 0 atom stereocenters. The fraction of sp³-hybridized carbons (Fsp3) is 0.412. The van der Waals surface area contributed by atoms with Gasteiger partial charge in [-0.3, -0.25) is 0 Å². The summed E-state index contributed by atoms with van der Waals surface area (Å²) in [6.45, 7) is 5.45. The molecule has 0 radical (unpaired) electrons. The van der Waals surface area contributed by atoms with Crippen molar-refractivity contribution in [1.29, 1.82) is 0 Å². The van der Waals surface area contributed by atoms with E-state index in [-0.39, 0.29) is 0 Å². The molecule has 1 heterocycles. The van der Waals surface area contributed by atoms with E-state index in [1.165, 1.54) is 12.8 Å². The van der Waals surface area contributed by atoms with Crippen molar-refractivity contribution in [2.24, 2.45) is 5.92 Å². The Kier molecular flexibility index (Phi) is 3.78. The first-order chi connectivity index (χ1) is 10.1. The van der Waals surface area contributed by atoms with Crippen LogP contribution in [0.3, 0.4) is 0 Å². The largest absolute Gasteiger partial charge is 0.384 e. The predicted octanol–water partition coefficient (Wildman–Crippen LogP) is 3.35. The summed E-state index contributed by atoms with van der Waals surface area (Å²) in [4.78, 5) is 11.5. The first-order valence-corrected chi connectivity index (χ1v) is 7.60. The molecular formula is C17H22N4. The number of benzene rings is 1. The number of nitrogen functional groups attached to an aromatic ring is 1.